The van der Waals surface area contributed by atoms with E-state index in [1.807, 2.05) is 18.3 Å². The average molecular weight is 272 g/mol. The van der Waals surface area contributed by atoms with Gasteiger partial charge in [0.05, 0.1) is 24.2 Å². The zero-order chi connectivity index (χ0) is 13.8. The molecule has 1 saturated heterocycles. The molecule has 0 bridgehead atoms. The highest BCUT2D eigenvalue weighted by molar-refractivity contribution is 5.78. The Labute approximate surface area is 119 Å². The van der Waals surface area contributed by atoms with Gasteiger partial charge in [-0.25, -0.2) is 4.98 Å². The van der Waals surface area contributed by atoms with Gasteiger partial charge in [-0.1, -0.05) is 0 Å². The molecule has 2 aromatic heterocycles. The fraction of sp³-hybridized carbons (Fsp3) is 0.500. The van der Waals surface area contributed by atoms with Crippen LogP contribution >= 0.6 is 0 Å². The van der Waals surface area contributed by atoms with Crippen molar-refractivity contribution in [3.05, 3.63) is 30.0 Å². The van der Waals surface area contributed by atoms with Gasteiger partial charge >= 0.3 is 0 Å². The number of fused-ring (bicyclic) bond motifs is 1. The van der Waals surface area contributed by atoms with Crippen LogP contribution in [-0.4, -0.2) is 29.8 Å². The third-order valence-corrected chi connectivity index (χ3v) is 3.86. The summed E-state index contributed by atoms with van der Waals surface area (Å²) in [6, 6.07) is 5.86. The Morgan fingerprint density at radius 3 is 3.05 bits per heavy atom. The summed E-state index contributed by atoms with van der Waals surface area (Å²) in [7, 11) is 1.64. The molecule has 0 spiro atoms. The second kappa shape index (κ2) is 6.18. The van der Waals surface area contributed by atoms with Gasteiger partial charge in [0.1, 0.15) is 0 Å². The lowest BCUT2D eigenvalue weighted by molar-refractivity contribution is 0.0115. The Morgan fingerprint density at radius 1 is 1.30 bits per heavy atom. The van der Waals surface area contributed by atoms with E-state index in [4.69, 9.17) is 9.47 Å². The summed E-state index contributed by atoms with van der Waals surface area (Å²) in [5.74, 6) is 0.640. The van der Waals surface area contributed by atoms with Crippen LogP contribution in [0.4, 0.5) is 0 Å². The van der Waals surface area contributed by atoms with Crippen molar-refractivity contribution in [3.63, 3.8) is 0 Å². The summed E-state index contributed by atoms with van der Waals surface area (Å²) in [6.07, 6.45) is 7.95. The normalized spacial score (nSPS) is 19.1. The van der Waals surface area contributed by atoms with E-state index in [0.29, 0.717) is 12.0 Å². The van der Waals surface area contributed by atoms with Gasteiger partial charge in [-0.15, -0.1) is 0 Å². The van der Waals surface area contributed by atoms with Crippen molar-refractivity contribution in [2.75, 3.05) is 13.7 Å². The van der Waals surface area contributed by atoms with Crippen LogP contribution in [0.1, 0.15) is 31.2 Å². The van der Waals surface area contributed by atoms with Crippen molar-refractivity contribution in [1.29, 1.82) is 0 Å². The van der Waals surface area contributed by atoms with E-state index in [-0.39, 0.29) is 0 Å². The summed E-state index contributed by atoms with van der Waals surface area (Å²) in [5.41, 5.74) is 3.10. The van der Waals surface area contributed by atoms with Crippen LogP contribution in [0.15, 0.2) is 24.4 Å². The van der Waals surface area contributed by atoms with E-state index >= 15 is 0 Å². The number of pyridine rings is 2. The summed E-state index contributed by atoms with van der Waals surface area (Å²) in [5, 5.41) is 0. The predicted molar refractivity (Wildman–Crippen MR) is 78.0 cm³/mol. The van der Waals surface area contributed by atoms with E-state index in [1.165, 1.54) is 24.8 Å². The Balaban J connectivity index is 1.79. The van der Waals surface area contributed by atoms with Crippen LogP contribution in [0, 0.1) is 0 Å². The van der Waals surface area contributed by atoms with Gasteiger partial charge in [0.2, 0.25) is 5.88 Å². The molecule has 106 valence electrons. The standard InChI is InChI=1S/C16H20N2O2/c1-19-15-8-7-14-16(18-15)12(9-10-17-14)5-6-13-4-2-3-11-20-13/h7-10,13H,2-6,11H2,1H3. The maximum absolute atomic E-state index is 5.80. The van der Waals surface area contributed by atoms with Crippen molar-refractivity contribution in [2.24, 2.45) is 0 Å². The summed E-state index contributed by atoms with van der Waals surface area (Å²) in [6.45, 7) is 0.911. The minimum absolute atomic E-state index is 0.401. The molecule has 1 atom stereocenters. The molecule has 0 N–H and O–H groups in total. The third kappa shape index (κ3) is 2.90. The fourth-order valence-electron chi connectivity index (χ4n) is 2.73. The number of ether oxygens (including phenoxy) is 2. The molecule has 1 aliphatic heterocycles. The molecular formula is C16H20N2O2. The highest BCUT2D eigenvalue weighted by Gasteiger charge is 2.14. The van der Waals surface area contributed by atoms with Crippen molar-refractivity contribution in [1.82, 2.24) is 9.97 Å². The molecule has 0 amide bonds. The van der Waals surface area contributed by atoms with Crippen molar-refractivity contribution < 1.29 is 9.47 Å². The molecule has 2 aromatic rings. The number of aromatic nitrogens is 2. The van der Waals surface area contributed by atoms with Crippen LogP contribution in [0.5, 0.6) is 5.88 Å². The molecule has 4 nitrogen and oxygen atoms in total. The number of hydrogen-bond acceptors (Lipinski definition) is 4. The van der Waals surface area contributed by atoms with Gasteiger partial charge in [-0.3, -0.25) is 4.98 Å². The van der Waals surface area contributed by atoms with Crippen LogP contribution < -0.4 is 4.74 Å². The third-order valence-electron chi connectivity index (χ3n) is 3.86. The van der Waals surface area contributed by atoms with Gasteiger partial charge in [0.15, 0.2) is 0 Å². The van der Waals surface area contributed by atoms with Crippen LogP contribution in [0.25, 0.3) is 11.0 Å². The molecule has 0 saturated carbocycles. The van der Waals surface area contributed by atoms with E-state index in [2.05, 4.69) is 16.0 Å². The molecule has 0 aliphatic carbocycles. The molecule has 1 aliphatic rings. The Morgan fingerprint density at radius 2 is 2.25 bits per heavy atom. The minimum atomic E-state index is 0.401. The van der Waals surface area contributed by atoms with Crippen LogP contribution in [0.2, 0.25) is 0 Å². The van der Waals surface area contributed by atoms with E-state index in [1.54, 1.807) is 7.11 Å². The highest BCUT2D eigenvalue weighted by atomic mass is 16.5. The smallest absolute Gasteiger partial charge is 0.213 e. The van der Waals surface area contributed by atoms with Gasteiger partial charge < -0.3 is 9.47 Å². The van der Waals surface area contributed by atoms with E-state index < -0.39 is 0 Å². The van der Waals surface area contributed by atoms with E-state index in [9.17, 15) is 0 Å². The molecule has 3 heterocycles. The lowest BCUT2D eigenvalue weighted by atomic mass is 10.0. The Kier molecular flexibility index (Phi) is 4.11. The lowest BCUT2D eigenvalue weighted by Gasteiger charge is -2.22. The molecule has 1 fully saturated rings. The quantitative estimate of drug-likeness (QED) is 0.857. The van der Waals surface area contributed by atoms with E-state index in [0.717, 1.165) is 30.5 Å². The van der Waals surface area contributed by atoms with Crippen molar-refractivity contribution >= 4 is 11.0 Å². The second-order valence-corrected chi connectivity index (χ2v) is 5.22. The fourth-order valence-corrected chi connectivity index (χ4v) is 2.73. The molecule has 3 rings (SSSR count). The molecular weight excluding hydrogens is 252 g/mol. The first kappa shape index (κ1) is 13.3. The average Bonchev–Trinajstić information content (AvgIpc) is 2.53. The van der Waals surface area contributed by atoms with Crippen LogP contribution in [0.3, 0.4) is 0 Å². The molecule has 1 unspecified atom stereocenters. The first-order valence-corrected chi connectivity index (χ1v) is 7.27. The maximum atomic E-state index is 5.80. The Hall–Kier alpha value is -1.68. The monoisotopic (exact) mass is 272 g/mol. The molecule has 0 aromatic carbocycles. The number of nitrogens with zero attached hydrogens (tertiary/aromatic N) is 2. The highest BCUT2D eigenvalue weighted by Crippen LogP contribution is 2.22. The first-order chi connectivity index (χ1) is 9.86. The lowest BCUT2D eigenvalue weighted by Crippen LogP contribution is -2.19. The summed E-state index contributed by atoms with van der Waals surface area (Å²) in [4.78, 5) is 8.89. The van der Waals surface area contributed by atoms with Gasteiger partial charge in [0.25, 0.3) is 0 Å². The minimum Gasteiger partial charge on any atom is -0.481 e. The van der Waals surface area contributed by atoms with Crippen molar-refractivity contribution in [3.8, 4) is 5.88 Å². The summed E-state index contributed by atoms with van der Waals surface area (Å²) >= 11 is 0. The van der Waals surface area contributed by atoms with Crippen molar-refractivity contribution in [2.45, 2.75) is 38.2 Å². The van der Waals surface area contributed by atoms with Crippen LogP contribution in [-0.2, 0) is 11.2 Å². The number of hydrogen-bond donors (Lipinski definition) is 0. The first-order valence-electron chi connectivity index (χ1n) is 7.27. The molecule has 0 radical (unpaired) electrons. The largest absolute Gasteiger partial charge is 0.481 e. The number of rotatable bonds is 4. The van der Waals surface area contributed by atoms with Gasteiger partial charge in [-0.2, -0.15) is 0 Å². The SMILES string of the molecule is COc1ccc2nccc(CCC3CCCCO3)c2n1. The molecule has 20 heavy (non-hydrogen) atoms. The zero-order valence-corrected chi connectivity index (χ0v) is 11.8. The van der Waals surface area contributed by atoms with Gasteiger partial charge in [-0.05, 0) is 49.8 Å². The summed E-state index contributed by atoms with van der Waals surface area (Å²) < 4.78 is 11.0. The van der Waals surface area contributed by atoms with Gasteiger partial charge in [0, 0.05) is 18.9 Å². The number of aryl methyl sites for hydroxylation is 1. The topological polar surface area (TPSA) is 44.2 Å². The maximum Gasteiger partial charge on any atom is 0.213 e. The number of methoxy groups -OCH3 is 1. The predicted octanol–water partition coefficient (Wildman–Crippen LogP) is 3.14. The Bertz CT molecular complexity index is 580. The second-order valence-electron chi connectivity index (χ2n) is 5.22. The zero-order valence-electron chi connectivity index (χ0n) is 11.8. The molecule has 4 heteroatoms.